The van der Waals surface area contributed by atoms with Gasteiger partial charge in [-0.2, -0.15) is 0 Å². The molecule has 0 radical (unpaired) electrons. The lowest BCUT2D eigenvalue weighted by Gasteiger charge is -1.86. The van der Waals surface area contributed by atoms with Crippen molar-refractivity contribution in [1.29, 1.82) is 0 Å². The van der Waals surface area contributed by atoms with Crippen molar-refractivity contribution in [3.8, 4) is 0 Å². The van der Waals surface area contributed by atoms with Crippen LogP contribution in [0.15, 0.2) is 47.3 Å². The molecule has 0 N–H and O–H groups in total. The fraction of sp³-hybridized carbons (Fsp3) is 0.200. The Morgan fingerprint density at radius 2 is 1.42 bits per heavy atom. The van der Waals surface area contributed by atoms with E-state index in [1.165, 1.54) is 0 Å². The molecule has 0 unspecified atom stereocenters. The molecule has 0 fully saturated rings. The third-order valence-corrected chi connectivity index (χ3v) is 1.78. The number of allylic oxidation sites excluding steroid dienone is 4. The molecule has 0 saturated carbocycles. The summed E-state index contributed by atoms with van der Waals surface area (Å²) in [5, 5.41) is 3.20. The van der Waals surface area contributed by atoms with E-state index in [-0.39, 0.29) is 0 Å². The lowest BCUT2D eigenvalue weighted by Crippen LogP contribution is -1.76. The van der Waals surface area contributed by atoms with Crippen LogP contribution in [0.25, 0.3) is 0 Å². The largest absolute Gasteiger partial charge is 0.250 e. The summed E-state index contributed by atoms with van der Waals surface area (Å²) in [6, 6.07) is 0. The van der Waals surface area contributed by atoms with Crippen molar-refractivity contribution in [3.63, 3.8) is 0 Å². The molecule has 0 aliphatic heterocycles. The molecular weight excluding hydrogens is 168 g/mol. The second-order valence-electron chi connectivity index (χ2n) is 2.63. The third kappa shape index (κ3) is 7.22. The van der Waals surface area contributed by atoms with Crippen molar-refractivity contribution in [1.82, 2.24) is 0 Å². The zero-order chi connectivity index (χ0) is 9.56. The Bertz CT molecular complexity index is 233. The normalized spacial score (nSPS) is 13.8. The van der Waals surface area contributed by atoms with Gasteiger partial charge in [-0.1, -0.05) is 36.5 Å². The van der Waals surface area contributed by atoms with Gasteiger partial charge in [-0.25, -0.2) is 0 Å². The van der Waals surface area contributed by atoms with Gasteiger partial charge in [-0.3, -0.25) is 4.21 Å². The molecule has 0 aromatic rings. The molecule has 0 amide bonds. The number of rotatable bonds is 4. The molecule has 0 aromatic heterocycles. The van der Waals surface area contributed by atoms with Crippen LogP contribution in [0.2, 0.25) is 0 Å². The van der Waals surface area contributed by atoms with E-state index in [0.29, 0.717) is 0 Å². The van der Waals surface area contributed by atoms with E-state index in [4.69, 9.17) is 0 Å². The van der Waals surface area contributed by atoms with Crippen LogP contribution in [0.3, 0.4) is 0 Å². The maximum absolute atomic E-state index is 11.1. The Labute approximate surface area is 76.6 Å². The van der Waals surface area contributed by atoms with Gasteiger partial charge >= 0.3 is 0 Å². The summed E-state index contributed by atoms with van der Waals surface area (Å²) >= 11 is 0. The van der Waals surface area contributed by atoms with Crippen molar-refractivity contribution in [2.45, 2.75) is 13.8 Å². The molecule has 0 heterocycles. The molecule has 0 atom stereocenters. The average Bonchev–Trinajstić information content (AvgIpc) is 1.96. The molecule has 0 aromatic carbocycles. The molecule has 0 aliphatic rings. The molecule has 2 heteroatoms. The van der Waals surface area contributed by atoms with Crippen molar-refractivity contribution >= 4 is 10.8 Å². The number of hydrogen-bond donors (Lipinski definition) is 0. The van der Waals surface area contributed by atoms with E-state index in [0.717, 1.165) is 11.1 Å². The van der Waals surface area contributed by atoms with Crippen LogP contribution in [0.4, 0.5) is 0 Å². The van der Waals surface area contributed by atoms with Crippen LogP contribution < -0.4 is 0 Å². The van der Waals surface area contributed by atoms with Crippen LogP contribution in [0, 0.1) is 0 Å². The second kappa shape index (κ2) is 5.72. The smallest absolute Gasteiger partial charge is 0.0702 e. The monoisotopic (exact) mass is 182 g/mol. The Balaban J connectivity index is 4.07. The molecule has 0 rings (SSSR count). The van der Waals surface area contributed by atoms with Crippen LogP contribution in [-0.2, 0) is 10.8 Å². The Kier molecular flexibility index (Phi) is 5.30. The molecular formula is C10H14OS. The van der Waals surface area contributed by atoms with Gasteiger partial charge in [0, 0.05) is 10.8 Å². The Morgan fingerprint density at radius 1 is 1.08 bits per heavy atom. The molecule has 12 heavy (non-hydrogen) atoms. The summed E-state index contributed by atoms with van der Waals surface area (Å²) in [6.07, 6.45) is 3.47. The minimum Gasteiger partial charge on any atom is -0.250 e. The SMILES string of the molecule is C=C(C)C=CS(=O)C=CC(=C)C. The van der Waals surface area contributed by atoms with E-state index in [1.54, 1.807) is 23.0 Å². The van der Waals surface area contributed by atoms with Gasteiger partial charge < -0.3 is 0 Å². The fourth-order valence-corrected chi connectivity index (χ4v) is 1.24. The lowest BCUT2D eigenvalue weighted by atomic mass is 10.4. The van der Waals surface area contributed by atoms with Crippen molar-refractivity contribution in [2.24, 2.45) is 0 Å². The Hall–Kier alpha value is -0.890. The molecule has 1 nitrogen and oxygen atoms in total. The van der Waals surface area contributed by atoms with Gasteiger partial charge in [0.05, 0.1) is 10.8 Å². The average molecular weight is 182 g/mol. The standard InChI is InChI=1S/C10H14OS/c1-9(2)5-7-12(11)8-6-10(3)4/h5-8H,1,3H2,2,4H3. The molecule has 0 bridgehead atoms. The summed E-state index contributed by atoms with van der Waals surface area (Å²) in [5.41, 5.74) is 1.79. The van der Waals surface area contributed by atoms with Gasteiger partial charge in [-0.05, 0) is 13.8 Å². The molecule has 66 valence electrons. The van der Waals surface area contributed by atoms with Gasteiger partial charge in [0.1, 0.15) is 0 Å². The molecule has 0 aliphatic carbocycles. The van der Waals surface area contributed by atoms with Crippen LogP contribution in [-0.4, -0.2) is 4.21 Å². The zero-order valence-electron chi connectivity index (χ0n) is 7.54. The minimum atomic E-state index is -1.04. The topological polar surface area (TPSA) is 17.1 Å². The first kappa shape index (κ1) is 11.1. The van der Waals surface area contributed by atoms with E-state index in [2.05, 4.69) is 13.2 Å². The summed E-state index contributed by atoms with van der Waals surface area (Å²) in [5.74, 6) is 0. The summed E-state index contributed by atoms with van der Waals surface area (Å²) in [4.78, 5) is 0. The second-order valence-corrected chi connectivity index (χ2v) is 3.83. The minimum absolute atomic E-state index is 0.895. The van der Waals surface area contributed by atoms with Crippen LogP contribution in [0.5, 0.6) is 0 Å². The van der Waals surface area contributed by atoms with Gasteiger partial charge in [0.25, 0.3) is 0 Å². The van der Waals surface area contributed by atoms with Gasteiger partial charge in [0.15, 0.2) is 0 Å². The molecule has 0 spiro atoms. The first-order valence-corrected chi connectivity index (χ1v) is 4.87. The zero-order valence-corrected chi connectivity index (χ0v) is 8.36. The first-order valence-electron chi connectivity index (χ1n) is 3.59. The highest BCUT2D eigenvalue weighted by atomic mass is 32.2. The quantitative estimate of drug-likeness (QED) is 0.611. The predicted octanol–water partition coefficient (Wildman–Crippen LogP) is 2.91. The molecule has 0 saturated heterocycles. The highest BCUT2D eigenvalue weighted by Gasteiger charge is 1.84. The maximum Gasteiger partial charge on any atom is 0.0702 e. The lowest BCUT2D eigenvalue weighted by molar-refractivity contribution is 0.693. The van der Waals surface area contributed by atoms with Crippen molar-refractivity contribution in [3.05, 3.63) is 47.3 Å². The van der Waals surface area contributed by atoms with Gasteiger partial charge in [-0.15, -0.1) is 0 Å². The maximum atomic E-state index is 11.1. The summed E-state index contributed by atoms with van der Waals surface area (Å²) in [7, 11) is -1.04. The van der Waals surface area contributed by atoms with Crippen molar-refractivity contribution in [2.75, 3.05) is 0 Å². The van der Waals surface area contributed by atoms with Gasteiger partial charge in [0.2, 0.25) is 0 Å². The predicted molar refractivity (Wildman–Crippen MR) is 56.1 cm³/mol. The summed E-state index contributed by atoms with van der Waals surface area (Å²) in [6.45, 7) is 11.0. The third-order valence-electron chi connectivity index (χ3n) is 0.973. The number of hydrogen-bond acceptors (Lipinski definition) is 1. The van der Waals surface area contributed by atoms with E-state index >= 15 is 0 Å². The van der Waals surface area contributed by atoms with Crippen molar-refractivity contribution < 1.29 is 4.21 Å². The highest BCUT2D eigenvalue weighted by Crippen LogP contribution is 1.96. The fourth-order valence-electron chi connectivity index (χ4n) is 0.412. The first-order chi connectivity index (χ1) is 5.52. The van der Waals surface area contributed by atoms with E-state index < -0.39 is 10.8 Å². The van der Waals surface area contributed by atoms with Crippen LogP contribution >= 0.6 is 0 Å². The highest BCUT2D eigenvalue weighted by molar-refractivity contribution is 7.90. The van der Waals surface area contributed by atoms with E-state index in [1.807, 2.05) is 13.8 Å². The summed E-state index contributed by atoms with van der Waals surface area (Å²) < 4.78 is 11.1. The Morgan fingerprint density at radius 3 is 1.67 bits per heavy atom. The van der Waals surface area contributed by atoms with E-state index in [9.17, 15) is 4.21 Å². The van der Waals surface area contributed by atoms with Crippen LogP contribution in [0.1, 0.15) is 13.8 Å².